The molecule has 1 unspecified atom stereocenters. The molecule has 10 nitrogen and oxygen atoms in total. The van der Waals surface area contributed by atoms with E-state index in [4.69, 9.17) is 16.9 Å². The largest absolute Gasteiger partial charge is 0.354 e. The van der Waals surface area contributed by atoms with Crippen LogP contribution >= 0.6 is 11.6 Å². The van der Waals surface area contributed by atoms with Crippen LogP contribution in [0.3, 0.4) is 0 Å². The van der Waals surface area contributed by atoms with E-state index in [0.717, 1.165) is 18.7 Å². The Balaban J connectivity index is 1.28. The van der Waals surface area contributed by atoms with Gasteiger partial charge in [0.05, 0.1) is 34.8 Å². The highest BCUT2D eigenvalue weighted by molar-refractivity contribution is 6.33. The predicted molar refractivity (Wildman–Crippen MR) is 121 cm³/mol. The summed E-state index contributed by atoms with van der Waals surface area (Å²) in [5.74, 6) is 0.719. The van der Waals surface area contributed by atoms with Crippen LogP contribution in [-0.4, -0.2) is 63.9 Å². The number of piperazine rings is 1. The van der Waals surface area contributed by atoms with Gasteiger partial charge in [-0.25, -0.2) is 9.97 Å². The molecule has 0 aromatic carbocycles. The van der Waals surface area contributed by atoms with Gasteiger partial charge in [-0.1, -0.05) is 11.6 Å². The van der Waals surface area contributed by atoms with E-state index in [0.29, 0.717) is 31.1 Å². The summed E-state index contributed by atoms with van der Waals surface area (Å²) in [4.78, 5) is 41.9. The number of nitrogens with one attached hydrogen (secondary N) is 2. The van der Waals surface area contributed by atoms with E-state index in [1.54, 1.807) is 12.3 Å². The number of carbonyl (C=O) groups excluding carboxylic acids is 2. The third-order valence-corrected chi connectivity index (χ3v) is 6.80. The molecule has 0 spiro atoms. The van der Waals surface area contributed by atoms with Gasteiger partial charge in [0.15, 0.2) is 0 Å². The van der Waals surface area contributed by atoms with Crippen molar-refractivity contribution in [1.82, 2.24) is 25.2 Å². The molecule has 1 aliphatic carbocycles. The number of carbonyl (C=O) groups is 2. The SMILES string of the molecule is CNC(=O)c1ncc(Nc2nccc(N3CC4CC[C@H](C3)N4C(=O)[C@@H]3C[C@H]3C#N)n2)cc1Cl. The molecule has 5 rings (SSSR count). The Morgan fingerprint density at radius 3 is 2.64 bits per heavy atom. The molecule has 3 fully saturated rings. The van der Waals surface area contributed by atoms with E-state index in [1.807, 2.05) is 11.0 Å². The van der Waals surface area contributed by atoms with Crippen molar-refractivity contribution in [2.24, 2.45) is 11.8 Å². The Morgan fingerprint density at radius 2 is 2.00 bits per heavy atom. The highest BCUT2D eigenvalue weighted by Gasteiger charge is 2.51. The molecule has 2 aliphatic heterocycles. The number of fused-ring (bicyclic) bond motifs is 2. The van der Waals surface area contributed by atoms with Gasteiger partial charge in [0, 0.05) is 38.4 Å². The maximum atomic E-state index is 12.9. The van der Waals surface area contributed by atoms with Crippen molar-refractivity contribution in [1.29, 1.82) is 5.26 Å². The minimum atomic E-state index is -0.359. The third-order valence-electron chi connectivity index (χ3n) is 6.51. The van der Waals surface area contributed by atoms with Crippen LogP contribution in [0.4, 0.5) is 17.5 Å². The fourth-order valence-electron chi connectivity index (χ4n) is 4.76. The number of pyridine rings is 1. The maximum Gasteiger partial charge on any atom is 0.271 e. The zero-order valence-corrected chi connectivity index (χ0v) is 18.8. The zero-order chi connectivity index (χ0) is 23.1. The molecule has 33 heavy (non-hydrogen) atoms. The van der Waals surface area contributed by atoms with Crippen LogP contribution in [0.2, 0.25) is 5.02 Å². The maximum absolute atomic E-state index is 12.9. The predicted octanol–water partition coefficient (Wildman–Crippen LogP) is 1.97. The van der Waals surface area contributed by atoms with Crippen LogP contribution in [0.15, 0.2) is 24.5 Å². The Bertz CT molecular complexity index is 1140. The van der Waals surface area contributed by atoms with Crippen LogP contribution in [-0.2, 0) is 4.79 Å². The van der Waals surface area contributed by atoms with Crippen LogP contribution in [0.1, 0.15) is 29.8 Å². The number of amides is 2. The molecule has 11 heteroatoms. The van der Waals surface area contributed by atoms with Crippen molar-refractivity contribution >= 4 is 40.9 Å². The lowest BCUT2D eigenvalue weighted by Gasteiger charge is -2.41. The van der Waals surface area contributed by atoms with Crippen LogP contribution in [0, 0.1) is 23.2 Å². The van der Waals surface area contributed by atoms with Crippen LogP contribution in [0.25, 0.3) is 0 Å². The summed E-state index contributed by atoms with van der Waals surface area (Å²) in [6.07, 6.45) is 5.81. The van der Waals surface area contributed by atoms with Gasteiger partial charge < -0.3 is 20.4 Å². The van der Waals surface area contributed by atoms with Gasteiger partial charge in [0.2, 0.25) is 11.9 Å². The number of nitrogens with zero attached hydrogens (tertiary/aromatic N) is 6. The van der Waals surface area contributed by atoms with Gasteiger partial charge in [-0.05, 0) is 31.4 Å². The molecule has 1 saturated carbocycles. The summed E-state index contributed by atoms with van der Waals surface area (Å²) in [5.41, 5.74) is 0.714. The van der Waals surface area contributed by atoms with E-state index in [2.05, 4.69) is 36.6 Å². The van der Waals surface area contributed by atoms with E-state index < -0.39 is 0 Å². The molecule has 2 bridgehead atoms. The minimum Gasteiger partial charge on any atom is -0.354 e. The second kappa shape index (κ2) is 8.48. The van der Waals surface area contributed by atoms with Crippen LogP contribution in [0.5, 0.6) is 0 Å². The number of halogens is 1. The molecular weight excluding hydrogens is 444 g/mol. The summed E-state index contributed by atoms with van der Waals surface area (Å²) in [6.45, 7) is 1.41. The first-order valence-corrected chi connectivity index (χ1v) is 11.3. The molecule has 2 amide bonds. The van der Waals surface area contributed by atoms with Gasteiger partial charge in [-0.3, -0.25) is 9.59 Å². The molecule has 2 N–H and O–H groups in total. The summed E-state index contributed by atoms with van der Waals surface area (Å²) < 4.78 is 0. The Hall–Kier alpha value is -3.45. The smallest absolute Gasteiger partial charge is 0.271 e. The fraction of sp³-hybridized carbons (Fsp3) is 0.455. The normalized spacial score (nSPS) is 25.4. The summed E-state index contributed by atoms with van der Waals surface area (Å²) in [7, 11) is 1.52. The number of hydrogen-bond donors (Lipinski definition) is 2. The van der Waals surface area contributed by atoms with Crippen molar-refractivity contribution in [3.8, 4) is 6.07 Å². The summed E-state index contributed by atoms with van der Waals surface area (Å²) in [6, 6.07) is 5.96. The van der Waals surface area contributed by atoms with Gasteiger partial charge >= 0.3 is 0 Å². The monoisotopic (exact) mass is 466 g/mol. The first-order chi connectivity index (χ1) is 16.0. The van der Waals surface area contributed by atoms with E-state index >= 15 is 0 Å². The quantitative estimate of drug-likeness (QED) is 0.684. The number of aromatic nitrogens is 3. The van der Waals surface area contributed by atoms with Crippen molar-refractivity contribution in [3.05, 3.63) is 35.2 Å². The molecule has 0 radical (unpaired) electrons. The number of rotatable bonds is 5. The molecule has 2 saturated heterocycles. The first-order valence-electron chi connectivity index (χ1n) is 10.9. The highest BCUT2D eigenvalue weighted by Crippen LogP contribution is 2.43. The lowest BCUT2D eigenvalue weighted by Crippen LogP contribution is -2.56. The third kappa shape index (κ3) is 4.04. The molecule has 3 aliphatic rings. The second-order valence-corrected chi connectivity index (χ2v) is 9.02. The lowest BCUT2D eigenvalue weighted by molar-refractivity contribution is -0.136. The molecule has 2 aromatic rings. The van der Waals surface area contributed by atoms with Crippen molar-refractivity contribution in [3.63, 3.8) is 0 Å². The average molecular weight is 467 g/mol. The standard InChI is InChI=1S/C22H23ClN8O2/c1-25-20(32)19-17(23)7-13(9-27-19)28-22-26-5-4-18(29-22)30-10-14-2-3-15(11-30)31(14)21(33)16-6-12(16)8-24/h4-5,7,9,12,14-16H,2-3,6,10-11H2,1H3,(H,25,32)(H,26,28,29)/t12-,14+,15?,16+/m0/s1. The topological polar surface area (TPSA) is 127 Å². The van der Waals surface area contributed by atoms with Crippen molar-refractivity contribution in [2.75, 3.05) is 30.4 Å². The van der Waals surface area contributed by atoms with E-state index in [1.165, 1.54) is 13.2 Å². The zero-order valence-electron chi connectivity index (χ0n) is 18.0. The first kappa shape index (κ1) is 21.4. The van der Waals surface area contributed by atoms with Gasteiger partial charge in [0.1, 0.15) is 11.5 Å². The molecular formula is C22H23ClN8O2. The van der Waals surface area contributed by atoms with Crippen LogP contribution < -0.4 is 15.5 Å². The fourth-order valence-corrected chi connectivity index (χ4v) is 5.01. The second-order valence-electron chi connectivity index (χ2n) is 8.61. The Kier molecular flexibility index (Phi) is 5.50. The molecule has 4 atom stereocenters. The summed E-state index contributed by atoms with van der Waals surface area (Å²) >= 11 is 6.18. The molecule has 170 valence electrons. The van der Waals surface area contributed by atoms with E-state index in [9.17, 15) is 9.59 Å². The Labute approximate surface area is 196 Å². The lowest BCUT2D eigenvalue weighted by atomic mass is 10.1. The molecule has 2 aromatic heterocycles. The van der Waals surface area contributed by atoms with Crippen molar-refractivity contribution in [2.45, 2.75) is 31.3 Å². The average Bonchev–Trinajstić information content (AvgIpc) is 3.57. The summed E-state index contributed by atoms with van der Waals surface area (Å²) in [5, 5.41) is 14.9. The highest BCUT2D eigenvalue weighted by atomic mass is 35.5. The minimum absolute atomic E-state index is 0.112. The number of hydrogen-bond acceptors (Lipinski definition) is 8. The van der Waals surface area contributed by atoms with E-state index in [-0.39, 0.29) is 46.5 Å². The number of anilines is 3. The van der Waals surface area contributed by atoms with Gasteiger partial charge in [-0.2, -0.15) is 10.2 Å². The number of nitriles is 1. The van der Waals surface area contributed by atoms with Gasteiger partial charge in [0.25, 0.3) is 5.91 Å². The molecule has 4 heterocycles. The van der Waals surface area contributed by atoms with Gasteiger partial charge in [-0.15, -0.1) is 0 Å². The van der Waals surface area contributed by atoms with Crippen molar-refractivity contribution < 1.29 is 9.59 Å². The Morgan fingerprint density at radius 1 is 1.24 bits per heavy atom.